The Hall–Kier alpha value is -1.58. The topological polar surface area (TPSA) is 70.1 Å². The molecule has 4 nitrogen and oxygen atoms in total. The van der Waals surface area contributed by atoms with E-state index in [4.69, 9.17) is 11.0 Å². The number of nitriles is 1. The highest BCUT2D eigenvalue weighted by atomic mass is 32.2. The molecular formula is C18H24FN3OS. The van der Waals surface area contributed by atoms with E-state index >= 15 is 0 Å². The van der Waals surface area contributed by atoms with Gasteiger partial charge < -0.3 is 10.6 Å². The number of rotatable bonds is 6. The molecule has 24 heavy (non-hydrogen) atoms. The van der Waals surface area contributed by atoms with Gasteiger partial charge in [0.1, 0.15) is 12.2 Å². The lowest BCUT2D eigenvalue weighted by Gasteiger charge is -2.33. The first-order valence-electron chi connectivity index (χ1n) is 8.13. The Bertz CT molecular complexity index is 602. The van der Waals surface area contributed by atoms with Crippen LogP contribution in [0.15, 0.2) is 30.3 Å². The zero-order chi connectivity index (χ0) is 17.7. The highest BCUT2D eigenvalue weighted by Gasteiger charge is 2.41. The van der Waals surface area contributed by atoms with E-state index < -0.39 is 23.0 Å². The third kappa shape index (κ3) is 4.49. The van der Waals surface area contributed by atoms with Crippen molar-refractivity contribution in [2.45, 2.75) is 49.7 Å². The molecule has 0 aliphatic carbocycles. The number of halogens is 1. The van der Waals surface area contributed by atoms with Crippen molar-refractivity contribution in [1.82, 2.24) is 4.90 Å². The minimum atomic E-state index is -1.14. The summed E-state index contributed by atoms with van der Waals surface area (Å²) in [5.41, 5.74) is 7.41. The van der Waals surface area contributed by atoms with Crippen molar-refractivity contribution in [2.24, 2.45) is 5.73 Å². The smallest absolute Gasteiger partial charge is 0.242 e. The summed E-state index contributed by atoms with van der Waals surface area (Å²) in [6.45, 7) is 3.82. The van der Waals surface area contributed by atoms with Gasteiger partial charge in [-0.3, -0.25) is 4.79 Å². The van der Waals surface area contributed by atoms with Crippen LogP contribution in [0.1, 0.15) is 25.8 Å². The number of alkyl halides is 1. The van der Waals surface area contributed by atoms with Gasteiger partial charge in [-0.2, -0.15) is 17.0 Å². The van der Waals surface area contributed by atoms with Crippen LogP contribution < -0.4 is 5.73 Å². The normalized spacial score (nSPS) is 22.2. The average Bonchev–Trinajstić information content (AvgIpc) is 2.95. The van der Waals surface area contributed by atoms with Crippen LogP contribution >= 0.6 is 11.8 Å². The molecule has 0 spiro atoms. The Morgan fingerprint density at radius 2 is 2.17 bits per heavy atom. The molecule has 1 fully saturated rings. The van der Waals surface area contributed by atoms with Crippen LogP contribution in [0.3, 0.4) is 0 Å². The summed E-state index contributed by atoms with van der Waals surface area (Å²) in [4.78, 5) is 13.9. The van der Waals surface area contributed by atoms with Gasteiger partial charge in [-0.25, -0.2) is 4.39 Å². The molecule has 2 N–H and O–H groups in total. The van der Waals surface area contributed by atoms with Gasteiger partial charge in [0.2, 0.25) is 5.91 Å². The van der Waals surface area contributed by atoms with Gasteiger partial charge in [0.25, 0.3) is 0 Å². The van der Waals surface area contributed by atoms with Gasteiger partial charge in [0, 0.05) is 11.2 Å². The standard InChI is InChI=1S/C18H24FN3OS/c1-18(2,24-9-8-13-6-4-3-5-7-13)16(21)17(23)22-12-14(19)10-15(22)11-20/h3-7,14-16H,8-10,12,21H2,1-2H3/t14-,15?,16+/m0/s1. The number of amides is 1. The molecule has 1 heterocycles. The average molecular weight is 349 g/mol. The Morgan fingerprint density at radius 3 is 2.79 bits per heavy atom. The third-order valence-corrected chi connectivity index (χ3v) is 5.81. The van der Waals surface area contributed by atoms with E-state index in [0.29, 0.717) is 0 Å². The maximum absolute atomic E-state index is 13.5. The molecule has 0 radical (unpaired) electrons. The van der Waals surface area contributed by atoms with E-state index in [-0.39, 0.29) is 18.9 Å². The van der Waals surface area contributed by atoms with Crippen LogP contribution in [0.25, 0.3) is 0 Å². The van der Waals surface area contributed by atoms with E-state index in [1.165, 1.54) is 10.5 Å². The van der Waals surface area contributed by atoms with Crippen molar-refractivity contribution in [2.75, 3.05) is 12.3 Å². The summed E-state index contributed by atoms with van der Waals surface area (Å²) in [7, 11) is 0. The first kappa shape index (κ1) is 18.8. The number of likely N-dealkylation sites (tertiary alicyclic amines) is 1. The quantitative estimate of drug-likeness (QED) is 0.857. The van der Waals surface area contributed by atoms with Crippen molar-refractivity contribution in [3.8, 4) is 6.07 Å². The first-order chi connectivity index (χ1) is 11.3. The second-order valence-electron chi connectivity index (χ2n) is 6.63. The zero-order valence-corrected chi connectivity index (χ0v) is 14.9. The molecule has 0 aromatic heterocycles. The van der Waals surface area contributed by atoms with Crippen LogP contribution in [0, 0.1) is 11.3 Å². The predicted molar refractivity (Wildman–Crippen MR) is 95.3 cm³/mol. The number of nitrogens with two attached hydrogens (primary N) is 1. The van der Waals surface area contributed by atoms with Crippen LogP contribution in [0.2, 0.25) is 0 Å². The highest BCUT2D eigenvalue weighted by molar-refractivity contribution is 8.00. The predicted octanol–water partition coefficient (Wildman–Crippen LogP) is 2.53. The lowest BCUT2D eigenvalue weighted by molar-refractivity contribution is -0.133. The summed E-state index contributed by atoms with van der Waals surface area (Å²) in [6, 6.07) is 10.7. The summed E-state index contributed by atoms with van der Waals surface area (Å²) >= 11 is 1.63. The van der Waals surface area contributed by atoms with E-state index in [1.54, 1.807) is 11.8 Å². The molecule has 0 saturated carbocycles. The summed E-state index contributed by atoms with van der Waals surface area (Å²) in [5.74, 6) is 0.504. The maximum Gasteiger partial charge on any atom is 0.242 e. The molecule has 1 aliphatic rings. The number of hydrogen-bond donors (Lipinski definition) is 1. The second-order valence-corrected chi connectivity index (χ2v) is 8.38. The molecule has 6 heteroatoms. The van der Waals surface area contributed by atoms with Crippen molar-refractivity contribution >= 4 is 17.7 Å². The molecule has 2 rings (SSSR count). The fourth-order valence-electron chi connectivity index (χ4n) is 2.79. The Morgan fingerprint density at radius 1 is 1.50 bits per heavy atom. The molecule has 1 unspecified atom stereocenters. The summed E-state index contributed by atoms with van der Waals surface area (Å²) in [6.07, 6.45) is -0.164. The number of carbonyl (C=O) groups is 1. The first-order valence-corrected chi connectivity index (χ1v) is 9.11. The van der Waals surface area contributed by atoms with Gasteiger partial charge in [-0.1, -0.05) is 30.3 Å². The molecule has 1 saturated heterocycles. The summed E-state index contributed by atoms with van der Waals surface area (Å²) < 4.78 is 13.0. The molecule has 1 aromatic carbocycles. The molecule has 1 amide bonds. The lowest BCUT2D eigenvalue weighted by atomic mass is 10.0. The highest BCUT2D eigenvalue weighted by Crippen LogP contribution is 2.31. The number of aryl methyl sites for hydroxylation is 1. The monoisotopic (exact) mass is 349 g/mol. The van der Waals surface area contributed by atoms with E-state index in [2.05, 4.69) is 12.1 Å². The SMILES string of the molecule is CC(C)(SCCc1ccccc1)[C@H](N)C(=O)N1C[C@@H](F)CC1C#N. The van der Waals surface area contributed by atoms with Gasteiger partial charge >= 0.3 is 0 Å². The number of carbonyl (C=O) groups excluding carboxylic acids is 1. The van der Waals surface area contributed by atoms with Gasteiger partial charge in [0.15, 0.2) is 0 Å². The number of nitrogens with zero attached hydrogens (tertiary/aromatic N) is 2. The van der Waals surface area contributed by atoms with Gasteiger partial charge in [-0.05, 0) is 31.6 Å². The zero-order valence-electron chi connectivity index (χ0n) is 14.1. The molecule has 0 bridgehead atoms. The second kappa shape index (κ2) is 8.00. The Kier molecular flexibility index (Phi) is 6.25. The maximum atomic E-state index is 13.5. The van der Waals surface area contributed by atoms with Crippen molar-refractivity contribution in [3.63, 3.8) is 0 Å². The molecular weight excluding hydrogens is 325 g/mol. The van der Waals surface area contributed by atoms with Crippen LogP contribution in [-0.4, -0.2) is 46.1 Å². The third-order valence-electron chi connectivity index (χ3n) is 4.40. The molecule has 3 atom stereocenters. The van der Waals surface area contributed by atoms with Crippen LogP contribution in [0.4, 0.5) is 4.39 Å². The van der Waals surface area contributed by atoms with E-state index in [1.807, 2.05) is 38.1 Å². The number of benzene rings is 1. The van der Waals surface area contributed by atoms with Crippen molar-refractivity contribution < 1.29 is 9.18 Å². The van der Waals surface area contributed by atoms with E-state index in [9.17, 15) is 9.18 Å². The number of thioether (sulfide) groups is 1. The molecule has 130 valence electrons. The minimum Gasteiger partial charge on any atom is -0.322 e. The fraction of sp³-hybridized carbons (Fsp3) is 0.556. The van der Waals surface area contributed by atoms with Crippen LogP contribution in [0.5, 0.6) is 0 Å². The largest absolute Gasteiger partial charge is 0.322 e. The Balaban J connectivity index is 1.92. The van der Waals surface area contributed by atoms with Crippen molar-refractivity contribution in [1.29, 1.82) is 5.26 Å². The molecule has 1 aromatic rings. The van der Waals surface area contributed by atoms with Crippen molar-refractivity contribution in [3.05, 3.63) is 35.9 Å². The van der Waals surface area contributed by atoms with Gasteiger partial charge in [0.05, 0.1) is 18.7 Å². The van der Waals surface area contributed by atoms with E-state index in [0.717, 1.165) is 12.2 Å². The lowest BCUT2D eigenvalue weighted by Crippen LogP contribution is -2.54. The Labute approximate surface area is 147 Å². The van der Waals surface area contributed by atoms with Gasteiger partial charge in [-0.15, -0.1) is 0 Å². The summed E-state index contributed by atoms with van der Waals surface area (Å²) in [5, 5.41) is 9.10. The minimum absolute atomic E-state index is 0.0322. The fourth-order valence-corrected chi connectivity index (χ4v) is 3.94. The van der Waals surface area contributed by atoms with Crippen LogP contribution in [-0.2, 0) is 11.2 Å². The number of hydrogen-bond acceptors (Lipinski definition) is 4. The molecule has 1 aliphatic heterocycles.